The third-order valence-corrected chi connectivity index (χ3v) is 4.61. The number of aromatic nitrogens is 1. The second kappa shape index (κ2) is 8.14. The molecular formula is C17H33N3S. The van der Waals surface area contributed by atoms with Crippen molar-refractivity contribution >= 4 is 16.5 Å². The van der Waals surface area contributed by atoms with Crippen LogP contribution >= 0.6 is 11.3 Å². The van der Waals surface area contributed by atoms with Gasteiger partial charge in [-0.2, -0.15) is 0 Å². The molecule has 0 bridgehead atoms. The fourth-order valence-electron chi connectivity index (χ4n) is 2.00. The summed E-state index contributed by atoms with van der Waals surface area (Å²) in [6.45, 7) is 15.4. The van der Waals surface area contributed by atoms with Gasteiger partial charge in [0.2, 0.25) is 0 Å². The van der Waals surface area contributed by atoms with Gasteiger partial charge < -0.3 is 10.2 Å². The van der Waals surface area contributed by atoms with Crippen LogP contribution in [0.1, 0.15) is 65.0 Å². The molecule has 1 aromatic rings. The Balaban J connectivity index is 2.77. The molecule has 0 saturated carbocycles. The number of hydrogen-bond donors (Lipinski definition) is 1. The van der Waals surface area contributed by atoms with Gasteiger partial charge in [-0.1, -0.05) is 27.2 Å². The minimum Gasteiger partial charge on any atom is -0.351 e. The van der Waals surface area contributed by atoms with Crippen LogP contribution in [0.5, 0.6) is 0 Å². The summed E-state index contributed by atoms with van der Waals surface area (Å²) in [6, 6.07) is 0. The maximum absolute atomic E-state index is 4.88. The van der Waals surface area contributed by atoms with Crippen LogP contribution in [0, 0.1) is 5.92 Å². The summed E-state index contributed by atoms with van der Waals surface area (Å²) < 4.78 is 0. The van der Waals surface area contributed by atoms with Crippen molar-refractivity contribution in [2.24, 2.45) is 5.92 Å². The van der Waals surface area contributed by atoms with Gasteiger partial charge in [0.25, 0.3) is 0 Å². The maximum Gasteiger partial charge on any atom is 0.185 e. The first kappa shape index (κ1) is 18.4. The number of anilines is 1. The summed E-state index contributed by atoms with van der Waals surface area (Å²) in [5, 5.41) is 4.76. The van der Waals surface area contributed by atoms with Gasteiger partial charge in [-0.05, 0) is 39.5 Å². The Bertz CT molecular complexity index is 418. The van der Waals surface area contributed by atoms with Gasteiger partial charge in [-0.25, -0.2) is 4.98 Å². The zero-order valence-electron chi connectivity index (χ0n) is 14.9. The number of nitrogens with one attached hydrogen (secondary N) is 1. The summed E-state index contributed by atoms with van der Waals surface area (Å²) in [5.74, 6) is 0.740. The van der Waals surface area contributed by atoms with Crippen molar-refractivity contribution in [3.63, 3.8) is 0 Å². The number of thiazole rings is 1. The fraction of sp³-hybridized carbons (Fsp3) is 0.824. The molecule has 4 heteroatoms. The molecule has 0 aliphatic carbocycles. The second-order valence-corrected chi connectivity index (χ2v) is 8.39. The third-order valence-electron chi connectivity index (χ3n) is 3.40. The third kappa shape index (κ3) is 6.79. The molecule has 0 unspecified atom stereocenters. The first-order valence-electron chi connectivity index (χ1n) is 8.17. The molecule has 0 spiro atoms. The van der Waals surface area contributed by atoms with Gasteiger partial charge in [0, 0.05) is 30.6 Å². The molecule has 0 aliphatic rings. The minimum atomic E-state index is 0.150. The lowest BCUT2D eigenvalue weighted by Crippen LogP contribution is -2.35. The Hall–Kier alpha value is -0.610. The van der Waals surface area contributed by atoms with Crippen molar-refractivity contribution in [1.82, 2.24) is 10.3 Å². The van der Waals surface area contributed by atoms with Crippen molar-refractivity contribution in [1.29, 1.82) is 0 Å². The lowest BCUT2D eigenvalue weighted by Gasteiger charge is -2.20. The normalized spacial score (nSPS) is 12.2. The number of aryl methyl sites for hydroxylation is 1. The predicted octanol–water partition coefficient (Wildman–Crippen LogP) is 4.47. The van der Waals surface area contributed by atoms with E-state index in [2.05, 4.69) is 58.8 Å². The van der Waals surface area contributed by atoms with Gasteiger partial charge in [-0.3, -0.25) is 0 Å². The summed E-state index contributed by atoms with van der Waals surface area (Å²) in [5.41, 5.74) is 1.43. The van der Waals surface area contributed by atoms with Crippen molar-refractivity contribution in [2.45, 2.75) is 72.9 Å². The Kier molecular flexibility index (Phi) is 7.14. The van der Waals surface area contributed by atoms with Crippen LogP contribution < -0.4 is 10.2 Å². The van der Waals surface area contributed by atoms with Crippen molar-refractivity contribution in [3.05, 3.63) is 10.6 Å². The minimum absolute atomic E-state index is 0.150. The molecule has 0 atom stereocenters. The second-order valence-electron chi connectivity index (χ2n) is 7.32. The molecule has 1 rings (SSSR count). The molecule has 3 nitrogen and oxygen atoms in total. The Morgan fingerprint density at radius 1 is 1.29 bits per heavy atom. The molecule has 0 saturated heterocycles. The van der Waals surface area contributed by atoms with Crippen molar-refractivity contribution < 1.29 is 0 Å². The van der Waals surface area contributed by atoms with Crippen LogP contribution in [-0.4, -0.2) is 24.1 Å². The summed E-state index contributed by atoms with van der Waals surface area (Å²) in [4.78, 5) is 8.59. The van der Waals surface area contributed by atoms with Crippen molar-refractivity contribution in [3.8, 4) is 0 Å². The smallest absolute Gasteiger partial charge is 0.185 e. The lowest BCUT2D eigenvalue weighted by molar-refractivity contribution is 0.425. The van der Waals surface area contributed by atoms with Crippen LogP contribution in [0.15, 0.2) is 0 Å². The standard InChI is InChI=1S/C17H33N3S/c1-8-9-14-15(12-18-17(4,5)6)21-16(19-14)20(7)11-10-13(2)3/h13,18H,8-12H2,1-7H3. The lowest BCUT2D eigenvalue weighted by atomic mass is 10.1. The first-order valence-corrected chi connectivity index (χ1v) is 8.99. The monoisotopic (exact) mass is 311 g/mol. The van der Waals surface area contributed by atoms with Gasteiger partial charge in [0.1, 0.15) is 0 Å². The van der Waals surface area contributed by atoms with Crippen molar-refractivity contribution in [2.75, 3.05) is 18.5 Å². The van der Waals surface area contributed by atoms with E-state index < -0.39 is 0 Å². The summed E-state index contributed by atoms with van der Waals surface area (Å²) in [7, 11) is 2.16. The van der Waals surface area contributed by atoms with Gasteiger partial charge in [0.05, 0.1) is 5.69 Å². The van der Waals surface area contributed by atoms with Crippen LogP contribution in [0.3, 0.4) is 0 Å². The van der Waals surface area contributed by atoms with Gasteiger partial charge in [-0.15, -0.1) is 11.3 Å². The van der Waals surface area contributed by atoms with E-state index in [4.69, 9.17) is 4.98 Å². The van der Waals surface area contributed by atoms with E-state index in [1.807, 2.05) is 11.3 Å². The first-order chi connectivity index (χ1) is 9.73. The molecule has 0 fully saturated rings. The van der Waals surface area contributed by atoms with E-state index >= 15 is 0 Å². The summed E-state index contributed by atoms with van der Waals surface area (Å²) >= 11 is 1.85. The summed E-state index contributed by atoms with van der Waals surface area (Å²) in [6.07, 6.45) is 3.45. The molecule has 0 radical (unpaired) electrons. The van der Waals surface area contributed by atoms with Crippen LogP contribution in [0.4, 0.5) is 5.13 Å². The number of rotatable bonds is 8. The van der Waals surface area contributed by atoms with E-state index in [0.717, 1.165) is 31.8 Å². The molecule has 21 heavy (non-hydrogen) atoms. The average molecular weight is 312 g/mol. The topological polar surface area (TPSA) is 28.2 Å². The number of hydrogen-bond acceptors (Lipinski definition) is 4. The van der Waals surface area contributed by atoms with E-state index in [0.29, 0.717) is 0 Å². The number of nitrogens with zero attached hydrogens (tertiary/aromatic N) is 2. The van der Waals surface area contributed by atoms with Gasteiger partial charge >= 0.3 is 0 Å². The molecule has 1 aromatic heterocycles. The molecule has 1 N–H and O–H groups in total. The van der Waals surface area contributed by atoms with Crippen LogP contribution in [0.25, 0.3) is 0 Å². The highest BCUT2D eigenvalue weighted by Gasteiger charge is 2.16. The Morgan fingerprint density at radius 2 is 1.95 bits per heavy atom. The van der Waals surface area contributed by atoms with E-state index in [-0.39, 0.29) is 5.54 Å². The highest BCUT2D eigenvalue weighted by Crippen LogP contribution is 2.27. The van der Waals surface area contributed by atoms with E-state index in [1.54, 1.807) is 0 Å². The SMILES string of the molecule is CCCc1nc(N(C)CCC(C)C)sc1CNC(C)(C)C. The average Bonchev–Trinajstić information content (AvgIpc) is 2.76. The van der Waals surface area contributed by atoms with E-state index in [9.17, 15) is 0 Å². The maximum atomic E-state index is 4.88. The van der Waals surface area contributed by atoms with Gasteiger partial charge in [0.15, 0.2) is 5.13 Å². The zero-order chi connectivity index (χ0) is 16.0. The van der Waals surface area contributed by atoms with E-state index in [1.165, 1.54) is 22.1 Å². The molecule has 1 heterocycles. The molecule has 0 aliphatic heterocycles. The quantitative estimate of drug-likeness (QED) is 0.768. The van der Waals surface area contributed by atoms with Crippen LogP contribution in [0.2, 0.25) is 0 Å². The highest BCUT2D eigenvalue weighted by molar-refractivity contribution is 7.15. The Morgan fingerprint density at radius 3 is 2.48 bits per heavy atom. The molecule has 0 aromatic carbocycles. The fourth-order valence-corrected chi connectivity index (χ4v) is 3.03. The molecule has 122 valence electrons. The molecular weight excluding hydrogens is 278 g/mol. The Labute approximate surface area is 135 Å². The zero-order valence-corrected chi connectivity index (χ0v) is 15.7. The largest absolute Gasteiger partial charge is 0.351 e. The predicted molar refractivity (Wildman–Crippen MR) is 95.4 cm³/mol. The molecule has 0 amide bonds. The van der Waals surface area contributed by atoms with Crippen LogP contribution in [-0.2, 0) is 13.0 Å². The highest BCUT2D eigenvalue weighted by atomic mass is 32.1.